The summed E-state index contributed by atoms with van der Waals surface area (Å²) in [5.41, 5.74) is 3.37. The second-order valence-electron chi connectivity index (χ2n) is 12.7. The van der Waals surface area contributed by atoms with Crippen molar-refractivity contribution in [3.05, 3.63) is 53.6 Å². The fourth-order valence-corrected chi connectivity index (χ4v) is 5.03. The number of carbonyl (C=O) groups is 3. The number of nitrogens with one attached hydrogen (secondary N) is 3. The number of hydrazine groups is 1. The van der Waals surface area contributed by atoms with E-state index in [0.29, 0.717) is 37.4 Å². The molecule has 3 atom stereocenters. The van der Waals surface area contributed by atoms with E-state index in [2.05, 4.69) is 28.1 Å². The minimum atomic E-state index is -3.70. The summed E-state index contributed by atoms with van der Waals surface area (Å²) < 4.78 is 36.5. The zero-order valence-corrected chi connectivity index (χ0v) is 28.2. The molecule has 1 saturated carbocycles. The summed E-state index contributed by atoms with van der Waals surface area (Å²) in [4.78, 5) is 46.3. The van der Waals surface area contributed by atoms with Gasteiger partial charge in [-0.1, -0.05) is 37.3 Å². The van der Waals surface area contributed by atoms with Gasteiger partial charge in [0.15, 0.2) is 0 Å². The Bertz CT molecular complexity index is 1460. The van der Waals surface area contributed by atoms with Gasteiger partial charge in [-0.15, -0.1) is 0 Å². The number of hydrogen-bond donors (Lipinski definition) is 3. The molecule has 248 valence electrons. The minimum absolute atomic E-state index is 0.0400. The molecule has 13 nitrogen and oxygen atoms in total. The number of ether oxygens (including phenoxy) is 2. The lowest BCUT2D eigenvalue weighted by Crippen LogP contribution is -2.61. The van der Waals surface area contributed by atoms with Crippen LogP contribution in [0.5, 0.6) is 0 Å². The maximum atomic E-state index is 13.5. The van der Waals surface area contributed by atoms with Crippen LogP contribution in [0.4, 0.5) is 16.4 Å². The van der Waals surface area contributed by atoms with Gasteiger partial charge in [0.2, 0.25) is 10.0 Å². The number of anilines is 2. The highest BCUT2D eigenvalue weighted by Gasteiger charge is 2.38. The molecule has 1 aromatic heterocycles. The van der Waals surface area contributed by atoms with Crippen LogP contribution in [0.15, 0.2) is 42.5 Å². The summed E-state index contributed by atoms with van der Waals surface area (Å²) in [5, 5.41) is 2.65. The van der Waals surface area contributed by atoms with Gasteiger partial charge in [-0.25, -0.2) is 18.2 Å². The van der Waals surface area contributed by atoms with Crippen molar-refractivity contribution in [2.24, 2.45) is 11.8 Å². The maximum absolute atomic E-state index is 13.5. The van der Waals surface area contributed by atoms with Crippen LogP contribution in [0.25, 0.3) is 0 Å². The fourth-order valence-electron chi connectivity index (χ4n) is 4.60. The van der Waals surface area contributed by atoms with Crippen molar-refractivity contribution >= 4 is 39.6 Å². The number of hydrogen-bond acceptors (Lipinski definition) is 9. The van der Waals surface area contributed by atoms with Crippen molar-refractivity contribution in [2.75, 3.05) is 49.3 Å². The van der Waals surface area contributed by atoms with Crippen LogP contribution >= 0.6 is 0 Å². The molecule has 45 heavy (non-hydrogen) atoms. The normalized spacial score (nSPS) is 17.4. The second-order valence-corrected chi connectivity index (χ2v) is 14.8. The van der Waals surface area contributed by atoms with E-state index in [1.54, 1.807) is 33.9 Å². The van der Waals surface area contributed by atoms with E-state index in [1.807, 2.05) is 35.2 Å². The number of carbonyl (C=O) groups excluding carboxylic acids is 3. The summed E-state index contributed by atoms with van der Waals surface area (Å²) in [7, 11) is -0.763. The predicted octanol–water partition coefficient (Wildman–Crippen LogP) is 2.87. The Morgan fingerprint density at radius 2 is 1.67 bits per heavy atom. The Balaban J connectivity index is 1.89. The van der Waals surface area contributed by atoms with E-state index in [4.69, 9.17) is 9.47 Å². The Morgan fingerprint density at radius 3 is 2.22 bits per heavy atom. The van der Waals surface area contributed by atoms with Gasteiger partial charge in [0.25, 0.3) is 11.8 Å². The monoisotopic (exact) mass is 646 g/mol. The number of amides is 3. The number of methoxy groups -OCH3 is 1. The van der Waals surface area contributed by atoms with Crippen molar-refractivity contribution in [2.45, 2.75) is 58.6 Å². The summed E-state index contributed by atoms with van der Waals surface area (Å²) in [6, 6.07) is 12.0. The number of aromatic nitrogens is 1. The van der Waals surface area contributed by atoms with Crippen molar-refractivity contribution in [1.82, 2.24) is 21.2 Å². The number of benzene rings is 1. The summed E-state index contributed by atoms with van der Waals surface area (Å²) in [6.45, 7) is 10.4. The maximum Gasteiger partial charge on any atom is 0.408 e. The molecule has 0 spiro atoms. The average Bonchev–Trinajstić information content (AvgIpc) is 3.65. The van der Waals surface area contributed by atoms with Gasteiger partial charge in [0, 0.05) is 39.2 Å². The third-order valence-electron chi connectivity index (χ3n) is 7.47. The largest absolute Gasteiger partial charge is 0.444 e. The number of rotatable bonds is 13. The molecular weight excluding hydrogens is 600 g/mol. The van der Waals surface area contributed by atoms with Gasteiger partial charge in [-0.2, -0.15) is 0 Å². The van der Waals surface area contributed by atoms with Crippen molar-refractivity contribution in [3.8, 4) is 0 Å². The summed E-state index contributed by atoms with van der Waals surface area (Å²) in [6.07, 6.45) is 1.41. The van der Waals surface area contributed by atoms with Crippen LogP contribution in [-0.2, 0) is 30.7 Å². The molecule has 1 aliphatic rings. The molecule has 3 rings (SSSR count). The molecule has 3 amide bonds. The van der Waals surface area contributed by atoms with Gasteiger partial charge in [-0.3, -0.25) is 24.7 Å². The van der Waals surface area contributed by atoms with E-state index >= 15 is 0 Å². The van der Waals surface area contributed by atoms with E-state index in [0.717, 1.165) is 22.5 Å². The molecule has 0 bridgehead atoms. The van der Waals surface area contributed by atoms with Crippen molar-refractivity contribution in [1.29, 1.82) is 0 Å². The fraction of sp³-hybridized carbons (Fsp3) is 0.548. The van der Waals surface area contributed by atoms with E-state index in [-0.39, 0.29) is 17.8 Å². The molecule has 2 aromatic rings. The van der Waals surface area contributed by atoms with E-state index in [9.17, 15) is 22.8 Å². The quantitative estimate of drug-likeness (QED) is 0.278. The van der Waals surface area contributed by atoms with Crippen LogP contribution in [0.2, 0.25) is 0 Å². The molecule has 0 saturated heterocycles. The standard InChI is InChI=1S/C31H46N6O7S/c1-21-16-24(21)20-37(14-15-43-7)26-18-23(17-25(32-26)36(6)45(8,41)42)27(38)34-35-28(39)31(5,19-22-12-10-9-11-13-22)33-29(40)44-30(2,3)4/h9-13,17-18,21,24H,14-16,19-20H2,1-8H3,(H,33,40)(H,34,38)(H,35,39)/t21?,24?,31-/m1/s1. The minimum Gasteiger partial charge on any atom is -0.444 e. The summed E-state index contributed by atoms with van der Waals surface area (Å²) >= 11 is 0. The van der Waals surface area contributed by atoms with E-state index in [1.165, 1.54) is 20.0 Å². The number of alkyl carbamates (subject to hydrolysis) is 1. The first-order chi connectivity index (χ1) is 20.9. The Morgan fingerprint density at radius 1 is 1.04 bits per heavy atom. The first-order valence-electron chi connectivity index (χ1n) is 14.8. The Hall–Kier alpha value is -3.91. The number of nitrogens with zero attached hydrogens (tertiary/aromatic N) is 3. The molecule has 14 heteroatoms. The molecule has 1 aromatic carbocycles. The van der Waals surface area contributed by atoms with Gasteiger partial charge in [0.05, 0.1) is 12.9 Å². The lowest BCUT2D eigenvalue weighted by molar-refractivity contribution is -0.127. The topological polar surface area (TPSA) is 159 Å². The highest BCUT2D eigenvalue weighted by Crippen LogP contribution is 2.39. The molecule has 3 N–H and O–H groups in total. The zero-order chi connectivity index (χ0) is 33.6. The van der Waals surface area contributed by atoms with Crippen LogP contribution in [0, 0.1) is 11.8 Å². The zero-order valence-electron chi connectivity index (χ0n) is 27.3. The second kappa shape index (κ2) is 14.5. The van der Waals surface area contributed by atoms with Crippen molar-refractivity contribution < 1.29 is 32.3 Å². The number of sulfonamides is 1. The van der Waals surface area contributed by atoms with E-state index < -0.39 is 39.1 Å². The first-order valence-corrected chi connectivity index (χ1v) is 16.6. The lowest BCUT2D eigenvalue weighted by atomic mass is 9.92. The molecule has 0 aliphatic heterocycles. The van der Waals surface area contributed by atoms with Crippen molar-refractivity contribution in [3.63, 3.8) is 0 Å². The molecule has 2 unspecified atom stereocenters. The van der Waals surface area contributed by atoms with Gasteiger partial charge >= 0.3 is 6.09 Å². The van der Waals surface area contributed by atoms with Gasteiger partial charge in [-0.05, 0) is 63.6 Å². The van der Waals surface area contributed by atoms with Crippen LogP contribution in [0.3, 0.4) is 0 Å². The third kappa shape index (κ3) is 10.6. The Kier molecular flexibility index (Phi) is 11.4. The van der Waals surface area contributed by atoms with Crippen LogP contribution in [-0.4, -0.2) is 82.6 Å². The molecule has 1 heterocycles. The first kappa shape index (κ1) is 35.6. The SMILES string of the molecule is COCCN(CC1CC1C)c1cc(C(=O)NNC(=O)[C@@](C)(Cc2ccccc2)NC(=O)OC(C)(C)C)cc(N(C)S(C)(=O)=O)n1. The van der Waals surface area contributed by atoms with Crippen LogP contribution < -0.4 is 25.4 Å². The smallest absolute Gasteiger partial charge is 0.408 e. The Labute approximate surface area is 266 Å². The van der Waals surface area contributed by atoms with Gasteiger partial charge < -0.3 is 19.7 Å². The highest BCUT2D eigenvalue weighted by atomic mass is 32.2. The average molecular weight is 647 g/mol. The molecule has 1 fully saturated rings. The highest BCUT2D eigenvalue weighted by molar-refractivity contribution is 7.92. The van der Waals surface area contributed by atoms with Crippen LogP contribution in [0.1, 0.15) is 57.0 Å². The third-order valence-corrected chi connectivity index (χ3v) is 8.65. The molecular formula is C31H46N6O7S. The molecule has 0 radical (unpaired) electrons. The number of pyridine rings is 1. The lowest BCUT2D eigenvalue weighted by Gasteiger charge is -2.31. The summed E-state index contributed by atoms with van der Waals surface area (Å²) in [5.74, 6) is 0.0266. The van der Waals surface area contributed by atoms with Gasteiger partial charge in [0.1, 0.15) is 22.8 Å². The predicted molar refractivity (Wildman–Crippen MR) is 172 cm³/mol. The molecule has 1 aliphatic carbocycles.